The maximum Gasteiger partial charge on any atom is 0.0710 e. The van der Waals surface area contributed by atoms with E-state index in [1.54, 1.807) is 0 Å². The SMILES string of the molecule is COC1CCN(CC(C)(C)C2CCCNC2)C1. The summed E-state index contributed by atoms with van der Waals surface area (Å²) in [6.07, 6.45) is 4.40. The van der Waals surface area contributed by atoms with Crippen LogP contribution in [-0.4, -0.2) is 50.8 Å². The van der Waals surface area contributed by atoms with Gasteiger partial charge >= 0.3 is 0 Å². The Morgan fingerprint density at radius 3 is 2.76 bits per heavy atom. The molecule has 3 heteroatoms. The Labute approximate surface area is 106 Å². The first kappa shape index (κ1) is 13.3. The molecule has 2 saturated heterocycles. The number of hydrogen-bond donors (Lipinski definition) is 1. The van der Waals surface area contributed by atoms with Crippen LogP contribution in [0.1, 0.15) is 33.1 Å². The van der Waals surface area contributed by atoms with Crippen molar-refractivity contribution in [2.24, 2.45) is 11.3 Å². The summed E-state index contributed by atoms with van der Waals surface area (Å²) in [6.45, 7) is 10.8. The Balaban J connectivity index is 1.83. The highest BCUT2D eigenvalue weighted by atomic mass is 16.5. The molecule has 2 unspecified atom stereocenters. The topological polar surface area (TPSA) is 24.5 Å². The van der Waals surface area contributed by atoms with Crippen molar-refractivity contribution in [1.29, 1.82) is 0 Å². The molecule has 0 saturated carbocycles. The monoisotopic (exact) mass is 240 g/mol. The maximum absolute atomic E-state index is 5.45. The number of ether oxygens (including phenoxy) is 1. The van der Waals surface area contributed by atoms with E-state index in [0.717, 1.165) is 12.5 Å². The second-order valence-electron chi connectivity index (χ2n) is 6.41. The van der Waals surface area contributed by atoms with E-state index in [0.29, 0.717) is 11.5 Å². The Morgan fingerprint density at radius 2 is 2.18 bits per heavy atom. The van der Waals surface area contributed by atoms with Crippen LogP contribution >= 0.6 is 0 Å². The largest absolute Gasteiger partial charge is 0.380 e. The third-order valence-electron chi connectivity index (χ3n) is 4.60. The van der Waals surface area contributed by atoms with Crippen LogP contribution in [0.5, 0.6) is 0 Å². The molecule has 2 aliphatic heterocycles. The van der Waals surface area contributed by atoms with E-state index in [-0.39, 0.29) is 0 Å². The number of nitrogens with one attached hydrogen (secondary N) is 1. The zero-order chi connectivity index (χ0) is 12.3. The molecule has 3 nitrogen and oxygen atoms in total. The van der Waals surface area contributed by atoms with Crippen LogP contribution in [0.2, 0.25) is 0 Å². The molecule has 2 fully saturated rings. The molecule has 0 amide bonds. The molecule has 0 aliphatic carbocycles. The minimum atomic E-state index is 0.427. The van der Waals surface area contributed by atoms with Gasteiger partial charge in [0.15, 0.2) is 0 Å². The Bertz CT molecular complexity index is 236. The summed E-state index contributed by atoms with van der Waals surface area (Å²) in [4.78, 5) is 2.59. The van der Waals surface area contributed by atoms with E-state index in [1.165, 1.54) is 45.4 Å². The highest BCUT2D eigenvalue weighted by Gasteiger charge is 2.34. The summed E-state index contributed by atoms with van der Waals surface area (Å²) in [5.41, 5.74) is 0.427. The van der Waals surface area contributed by atoms with Crippen LogP contribution < -0.4 is 5.32 Å². The lowest BCUT2D eigenvalue weighted by molar-refractivity contribution is 0.0832. The van der Waals surface area contributed by atoms with Gasteiger partial charge in [0.1, 0.15) is 0 Å². The molecule has 0 radical (unpaired) electrons. The van der Waals surface area contributed by atoms with Crippen LogP contribution in [0.15, 0.2) is 0 Å². The number of hydrogen-bond acceptors (Lipinski definition) is 3. The second kappa shape index (κ2) is 5.68. The molecule has 2 aliphatic rings. The van der Waals surface area contributed by atoms with Crippen molar-refractivity contribution in [3.63, 3.8) is 0 Å². The second-order valence-corrected chi connectivity index (χ2v) is 6.41. The summed E-state index contributed by atoms with van der Waals surface area (Å²) >= 11 is 0. The van der Waals surface area contributed by atoms with E-state index >= 15 is 0 Å². The normalized spacial score (nSPS) is 31.9. The van der Waals surface area contributed by atoms with Gasteiger partial charge in [0.05, 0.1) is 6.10 Å². The van der Waals surface area contributed by atoms with Gasteiger partial charge in [-0.1, -0.05) is 13.8 Å². The van der Waals surface area contributed by atoms with Crippen LogP contribution in [0.4, 0.5) is 0 Å². The molecule has 2 atom stereocenters. The van der Waals surface area contributed by atoms with Gasteiger partial charge in [-0.05, 0) is 43.7 Å². The quantitative estimate of drug-likeness (QED) is 0.810. The third kappa shape index (κ3) is 3.43. The first-order chi connectivity index (χ1) is 8.12. The van der Waals surface area contributed by atoms with E-state index in [1.807, 2.05) is 7.11 Å². The number of nitrogens with zero attached hydrogens (tertiary/aromatic N) is 1. The van der Waals surface area contributed by atoms with E-state index in [2.05, 4.69) is 24.1 Å². The van der Waals surface area contributed by atoms with Crippen molar-refractivity contribution < 1.29 is 4.74 Å². The molecule has 2 heterocycles. The van der Waals surface area contributed by atoms with Crippen molar-refractivity contribution in [2.75, 3.05) is 39.8 Å². The highest BCUT2D eigenvalue weighted by Crippen LogP contribution is 2.33. The van der Waals surface area contributed by atoms with Gasteiger partial charge in [0.25, 0.3) is 0 Å². The lowest BCUT2D eigenvalue weighted by atomic mass is 9.74. The summed E-state index contributed by atoms with van der Waals surface area (Å²) in [6, 6.07) is 0. The fourth-order valence-corrected chi connectivity index (χ4v) is 3.36. The Kier molecular flexibility index (Phi) is 4.45. The fourth-order valence-electron chi connectivity index (χ4n) is 3.36. The van der Waals surface area contributed by atoms with Crippen molar-refractivity contribution in [1.82, 2.24) is 10.2 Å². The Hall–Kier alpha value is -0.120. The minimum absolute atomic E-state index is 0.427. The third-order valence-corrected chi connectivity index (χ3v) is 4.60. The highest BCUT2D eigenvalue weighted by molar-refractivity contribution is 4.88. The average Bonchev–Trinajstić information content (AvgIpc) is 2.77. The van der Waals surface area contributed by atoms with Crippen LogP contribution in [0.3, 0.4) is 0 Å². The molecule has 1 N–H and O–H groups in total. The average molecular weight is 240 g/mol. The lowest BCUT2D eigenvalue weighted by Gasteiger charge is -2.40. The van der Waals surface area contributed by atoms with E-state index < -0.39 is 0 Å². The van der Waals surface area contributed by atoms with Gasteiger partial charge in [-0.2, -0.15) is 0 Å². The molecule has 100 valence electrons. The molecule has 17 heavy (non-hydrogen) atoms. The summed E-state index contributed by atoms with van der Waals surface area (Å²) in [5, 5.41) is 3.54. The van der Waals surface area contributed by atoms with Gasteiger partial charge in [-0.25, -0.2) is 0 Å². The molecule has 0 aromatic carbocycles. The number of methoxy groups -OCH3 is 1. The zero-order valence-electron chi connectivity index (χ0n) is 11.7. The van der Waals surface area contributed by atoms with Crippen molar-refractivity contribution in [3.05, 3.63) is 0 Å². The first-order valence-corrected chi connectivity index (χ1v) is 7.07. The van der Waals surface area contributed by atoms with Crippen LogP contribution in [0.25, 0.3) is 0 Å². The predicted octanol–water partition coefficient (Wildman–Crippen LogP) is 1.73. The van der Waals surface area contributed by atoms with E-state index in [9.17, 15) is 0 Å². The van der Waals surface area contributed by atoms with Crippen molar-refractivity contribution >= 4 is 0 Å². The minimum Gasteiger partial charge on any atom is -0.380 e. The number of piperidine rings is 1. The fraction of sp³-hybridized carbons (Fsp3) is 1.00. The van der Waals surface area contributed by atoms with Crippen molar-refractivity contribution in [2.45, 2.75) is 39.2 Å². The van der Waals surface area contributed by atoms with Gasteiger partial charge in [0.2, 0.25) is 0 Å². The molecule has 0 aromatic heterocycles. The summed E-state index contributed by atoms with van der Waals surface area (Å²) in [7, 11) is 1.84. The van der Waals surface area contributed by atoms with Crippen LogP contribution in [0, 0.1) is 11.3 Å². The zero-order valence-corrected chi connectivity index (χ0v) is 11.7. The molecule has 0 aromatic rings. The maximum atomic E-state index is 5.45. The van der Waals surface area contributed by atoms with Gasteiger partial charge in [-0.15, -0.1) is 0 Å². The molecule has 0 spiro atoms. The smallest absolute Gasteiger partial charge is 0.0710 e. The van der Waals surface area contributed by atoms with Gasteiger partial charge in [-0.3, -0.25) is 0 Å². The Morgan fingerprint density at radius 1 is 1.35 bits per heavy atom. The van der Waals surface area contributed by atoms with Crippen molar-refractivity contribution in [3.8, 4) is 0 Å². The van der Waals surface area contributed by atoms with E-state index in [4.69, 9.17) is 4.74 Å². The molecular weight excluding hydrogens is 212 g/mol. The van der Waals surface area contributed by atoms with Gasteiger partial charge < -0.3 is 15.0 Å². The predicted molar refractivity (Wildman–Crippen MR) is 71.2 cm³/mol. The summed E-state index contributed by atoms with van der Waals surface area (Å²) in [5.74, 6) is 0.831. The van der Waals surface area contributed by atoms with Crippen LogP contribution in [-0.2, 0) is 4.74 Å². The molecular formula is C14H28N2O. The first-order valence-electron chi connectivity index (χ1n) is 7.07. The van der Waals surface area contributed by atoms with Gasteiger partial charge in [0, 0.05) is 26.7 Å². The molecule has 2 rings (SSSR count). The summed E-state index contributed by atoms with van der Waals surface area (Å²) < 4.78 is 5.45. The lowest BCUT2D eigenvalue weighted by Crippen LogP contribution is -2.44. The standard InChI is InChI=1S/C14H28N2O/c1-14(2,12-5-4-7-15-9-12)11-16-8-6-13(10-16)17-3/h12-13,15H,4-11H2,1-3H3. The number of likely N-dealkylation sites (tertiary alicyclic amines) is 1. The molecule has 0 bridgehead atoms. The number of rotatable bonds is 4.